The van der Waals surface area contributed by atoms with E-state index in [4.69, 9.17) is 4.84 Å². The largest absolute Gasteiger partial charge is 0.429 e. The number of carbonyl (C=O) groups excluding carboxylic acids is 2. The molecule has 23 heavy (non-hydrogen) atoms. The maximum atomic E-state index is 12.4. The molecule has 0 aromatic carbocycles. The predicted molar refractivity (Wildman–Crippen MR) is 93.5 cm³/mol. The van der Waals surface area contributed by atoms with Gasteiger partial charge in [0.2, 0.25) is 0 Å². The lowest BCUT2D eigenvalue weighted by atomic mass is 10.1. The number of aromatic nitrogens is 2. The summed E-state index contributed by atoms with van der Waals surface area (Å²) in [5, 5.41) is 1.67. The van der Waals surface area contributed by atoms with Gasteiger partial charge in [-0.15, -0.1) is 5.06 Å². The van der Waals surface area contributed by atoms with Crippen molar-refractivity contribution in [2.24, 2.45) is 11.8 Å². The summed E-state index contributed by atoms with van der Waals surface area (Å²) in [5.74, 6) is 1.22. The molecular formula is C15H23IN4O3. The third-order valence-corrected chi connectivity index (χ3v) is 4.65. The number of aldehydes is 1. The number of rotatable bonds is 5. The molecule has 1 amide bonds. The molecule has 3 atom stereocenters. The Kier molecular flexibility index (Phi) is 6.01. The second-order valence-corrected chi connectivity index (χ2v) is 7.57. The first-order valence-electron chi connectivity index (χ1n) is 7.70. The quantitative estimate of drug-likeness (QED) is 0.570. The van der Waals surface area contributed by atoms with Gasteiger partial charge in [-0.2, -0.15) is 0 Å². The molecule has 0 saturated carbocycles. The van der Waals surface area contributed by atoms with Gasteiger partial charge >= 0.3 is 6.09 Å². The molecule has 7 nitrogen and oxygen atoms in total. The standard InChI is InChI=1S/C15H23IN4O3/c1-9(2)12(8-21)19(4)15(22)23-20-7-10(3)5-11(20)14-17-6-13(16)18-14/h6,8-12H,5,7H2,1-4H3,(H,17,18)/t10-,11-,12+/m0/s1. The Balaban J connectivity index is 2.07. The van der Waals surface area contributed by atoms with Gasteiger partial charge in [-0.25, -0.2) is 9.78 Å². The van der Waals surface area contributed by atoms with E-state index in [0.29, 0.717) is 12.5 Å². The molecule has 0 radical (unpaired) electrons. The second-order valence-electron chi connectivity index (χ2n) is 6.41. The maximum Gasteiger partial charge on any atom is 0.429 e. The number of amides is 1. The summed E-state index contributed by atoms with van der Waals surface area (Å²) in [7, 11) is 1.59. The Morgan fingerprint density at radius 2 is 2.30 bits per heavy atom. The molecule has 1 aliphatic rings. The molecule has 1 fully saturated rings. The van der Waals surface area contributed by atoms with Crippen LogP contribution in [0.25, 0.3) is 0 Å². The maximum absolute atomic E-state index is 12.4. The van der Waals surface area contributed by atoms with E-state index < -0.39 is 12.1 Å². The van der Waals surface area contributed by atoms with Crippen LogP contribution in [0.4, 0.5) is 4.79 Å². The Bertz CT molecular complexity index is 563. The summed E-state index contributed by atoms with van der Waals surface area (Å²) in [6.45, 7) is 6.55. The van der Waals surface area contributed by atoms with E-state index in [9.17, 15) is 9.59 Å². The number of hydrogen-bond acceptors (Lipinski definition) is 5. The van der Waals surface area contributed by atoms with Crippen LogP contribution in [0.15, 0.2) is 6.20 Å². The van der Waals surface area contributed by atoms with E-state index >= 15 is 0 Å². The average Bonchev–Trinajstić information content (AvgIpc) is 3.05. The van der Waals surface area contributed by atoms with Crippen molar-refractivity contribution in [3.8, 4) is 0 Å². The van der Waals surface area contributed by atoms with Gasteiger partial charge < -0.3 is 14.6 Å². The van der Waals surface area contributed by atoms with Crippen LogP contribution in [0.3, 0.4) is 0 Å². The van der Waals surface area contributed by atoms with Crippen molar-refractivity contribution in [2.75, 3.05) is 13.6 Å². The van der Waals surface area contributed by atoms with Gasteiger partial charge in [-0.1, -0.05) is 20.8 Å². The smallest absolute Gasteiger partial charge is 0.350 e. The number of H-pyrrole nitrogens is 1. The Morgan fingerprint density at radius 3 is 2.83 bits per heavy atom. The fourth-order valence-corrected chi connectivity index (χ4v) is 3.24. The topological polar surface area (TPSA) is 78.5 Å². The van der Waals surface area contributed by atoms with Crippen molar-refractivity contribution in [3.63, 3.8) is 0 Å². The first-order valence-corrected chi connectivity index (χ1v) is 8.78. The Labute approximate surface area is 149 Å². The minimum absolute atomic E-state index is 0.0324. The number of nitrogens with one attached hydrogen (secondary N) is 1. The fourth-order valence-electron chi connectivity index (χ4n) is 2.82. The van der Waals surface area contributed by atoms with Gasteiger partial charge in [-0.3, -0.25) is 4.90 Å². The lowest BCUT2D eigenvalue weighted by Crippen LogP contribution is -2.44. The second kappa shape index (κ2) is 7.61. The average molecular weight is 434 g/mol. The third-order valence-electron chi connectivity index (χ3n) is 4.10. The number of aromatic amines is 1. The first kappa shape index (κ1) is 18.2. The molecule has 0 aliphatic carbocycles. The first-order chi connectivity index (χ1) is 10.8. The van der Waals surface area contributed by atoms with Crippen LogP contribution in [0, 0.1) is 15.5 Å². The monoisotopic (exact) mass is 434 g/mol. The van der Waals surface area contributed by atoms with Gasteiger partial charge in [0.25, 0.3) is 0 Å². The SMILES string of the molecule is CC(C)[C@@H](C=O)N(C)C(=O)ON1C[C@@H](C)C[C@H]1c1ncc(I)[nH]1. The summed E-state index contributed by atoms with van der Waals surface area (Å²) in [6.07, 6.45) is 2.88. The highest BCUT2D eigenvalue weighted by molar-refractivity contribution is 14.1. The van der Waals surface area contributed by atoms with Crippen molar-refractivity contribution in [1.29, 1.82) is 0 Å². The zero-order valence-electron chi connectivity index (χ0n) is 13.8. The van der Waals surface area contributed by atoms with Crippen molar-refractivity contribution in [3.05, 3.63) is 15.7 Å². The molecule has 1 N–H and O–H groups in total. The lowest BCUT2D eigenvalue weighted by molar-refractivity contribution is -0.132. The van der Waals surface area contributed by atoms with Crippen LogP contribution >= 0.6 is 22.6 Å². The zero-order valence-corrected chi connectivity index (χ0v) is 16.0. The summed E-state index contributed by atoms with van der Waals surface area (Å²) in [4.78, 5) is 38.0. The van der Waals surface area contributed by atoms with Gasteiger partial charge in [0.1, 0.15) is 18.2 Å². The van der Waals surface area contributed by atoms with E-state index in [2.05, 4.69) is 39.5 Å². The number of nitrogens with zero attached hydrogens (tertiary/aromatic N) is 3. The van der Waals surface area contributed by atoms with E-state index in [1.807, 2.05) is 13.8 Å². The van der Waals surface area contributed by atoms with Crippen LogP contribution in [-0.4, -0.2) is 51.9 Å². The summed E-state index contributed by atoms with van der Waals surface area (Å²) in [5.41, 5.74) is 0. The van der Waals surface area contributed by atoms with Crippen molar-refractivity contribution < 1.29 is 14.4 Å². The van der Waals surface area contributed by atoms with Gasteiger partial charge in [0, 0.05) is 13.6 Å². The van der Waals surface area contributed by atoms with Gasteiger partial charge in [0.05, 0.1) is 15.9 Å². The van der Waals surface area contributed by atoms with Crippen LogP contribution in [0.1, 0.15) is 39.1 Å². The number of likely N-dealkylation sites (N-methyl/N-ethyl adjacent to an activating group) is 1. The number of carbonyl (C=O) groups is 2. The van der Waals surface area contributed by atoms with E-state index in [0.717, 1.165) is 22.2 Å². The molecule has 128 valence electrons. The molecule has 0 bridgehead atoms. The lowest BCUT2D eigenvalue weighted by Gasteiger charge is -2.29. The van der Waals surface area contributed by atoms with Gasteiger partial charge in [0.15, 0.2) is 0 Å². The van der Waals surface area contributed by atoms with Crippen molar-refractivity contribution in [1.82, 2.24) is 19.9 Å². The minimum Gasteiger partial charge on any atom is -0.350 e. The summed E-state index contributed by atoms with van der Waals surface area (Å²) >= 11 is 2.16. The molecular weight excluding hydrogens is 411 g/mol. The molecule has 0 spiro atoms. The number of hydroxylamine groups is 2. The van der Waals surface area contributed by atoms with E-state index in [1.165, 1.54) is 4.90 Å². The number of hydrogen-bond donors (Lipinski definition) is 1. The predicted octanol–water partition coefficient (Wildman–Crippen LogP) is 2.60. The molecule has 8 heteroatoms. The highest BCUT2D eigenvalue weighted by Gasteiger charge is 2.37. The highest BCUT2D eigenvalue weighted by Crippen LogP contribution is 2.34. The molecule has 1 saturated heterocycles. The molecule has 1 aromatic rings. The van der Waals surface area contributed by atoms with E-state index in [-0.39, 0.29) is 12.0 Å². The highest BCUT2D eigenvalue weighted by atomic mass is 127. The molecule has 2 heterocycles. The molecule has 1 aromatic heterocycles. The van der Waals surface area contributed by atoms with Crippen LogP contribution in [0.5, 0.6) is 0 Å². The van der Waals surface area contributed by atoms with E-state index in [1.54, 1.807) is 18.3 Å². The fraction of sp³-hybridized carbons (Fsp3) is 0.667. The zero-order chi connectivity index (χ0) is 17.1. The third kappa shape index (κ3) is 4.23. The number of imidazole rings is 1. The molecule has 1 aliphatic heterocycles. The normalized spacial score (nSPS) is 23.0. The van der Waals surface area contributed by atoms with Gasteiger partial charge in [-0.05, 0) is 40.8 Å². The van der Waals surface area contributed by atoms with Crippen molar-refractivity contribution >= 4 is 35.0 Å². The molecule has 2 rings (SSSR count). The molecule has 0 unspecified atom stereocenters. The van der Waals surface area contributed by atoms with Crippen molar-refractivity contribution in [2.45, 2.75) is 39.3 Å². The van der Waals surface area contributed by atoms with Crippen LogP contribution < -0.4 is 0 Å². The summed E-state index contributed by atoms with van der Waals surface area (Å²) in [6, 6.07) is -0.579. The summed E-state index contributed by atoms with van der Waals surface area (Å²) < 4.78 is 0.946. The Hall–Kier alpha value is -1.16. The minimum atomic E-state index is -0.517. The van der Waals surface area contributed by atoms with Crippen LogP contribution in [-0.2, 0) is 9.63 Å². The number of halogens is 1. The Morgan fingerprint density at radius 1 is 1.61 bits per heavy atom. The van der Waals surface area contributed by atoms with Crippen LogP contribution in [0.2, 0.25) is 0 Å².